The number of amides is 2. The number of carbonyl (C=O) groups excluding carboxylic acids is 2. The highest BCUT2D eigenvalue weighted by atomic mass is 32.1. The molecule has 0 aliphatic carbocycles. The molecule has 0 saturated heterocycles. The first-order valence-corrected chi connectivity index (χ1v) is 6.51. The van der Waals surface area contributed by atoms with Gasteiger partial charge < -0.3 is 15.6 Å². The fourth-order valence-electron chi connectivity index (χ4n) is 1.50. The van der Waals surface area contributed by atoms with Crippen LogP contribution in [0, 0.1) is 6.92 Å². The molecule has 4 N–H and O–H groups in total. The van der Waals surface area contributed by atoms with Gasteiger partial charge in [-0.25, -0.2) is 9.59 Å². The molecule has 0 spiro atoms. The number of ether oxygens (including phenoxy) is 1. The minimum absolute atomic E-state index is 0.0155. The van der Waals surface area contributed by atoms with Crippen LogP contribution >= 0.6 is 11.3 Å². The maximum Gasteiger partial charge on any atom is 0.412 e. The van der Waals surface area contributed by atoms with E-state index in [2.05, 4.69) is 5.32 Å². The zero-order valence-corrected chi connectivity index (χ0v) is 12.4. The molecule has 0 unspecified atom stereocenters. The van der Waals surface area contributed by atoms with Crippen LogP contribution in [0.4, 0.5) is 9.80 Å². The largest absolute Gasteiger partial charge is 0.477 e. The lowest BCUT2D eigenvalue weighted by atomic mass is 10.1. The van der Waals surface area contributed by atoms with Gasteiger partial charge in [0.2, 0.25) is 0 Å². The number of nitrogens with one attached hydrogen (secondary N) is 1. The number of hydrogen-bond acceptors (Lipinski definition) is 5. The lowest BCUT2D eigenvalue weighted by Gasteiger charge is -2.19. The van der Waals surface area contributed by atoms with Gasteiger partial charge in [0.15, 0.2) is 0 Å². The molecule has 0 radical (unpaired) electrons. The Morgan fingerprint density at radius 1 is 1.30 bits per heavy atom. The molecule has 0 atom stereocenters. The smallest absolute Gasteiger partial charge is 0.412 e. The summed E-state index contributed by atoms with van der Waals surface area (Å²) in [5.41, 5.74) is 4.71. The van der Waals surface area contributed by atoms with E-state index in [9.17, 15) is 14.4 Å². The van der Waals surface area contributed by atoms with Crippen molar-refractivity contribution < 1.29 is 24.2 Å². The summed E-state index contributed by atoms with van der Waals surface area (Å²) in [6, 6.07) is 0. The van der Waals surface area contributed by atoms with Gasteiger partial charge in [0.1, 0.15) is 15.5 Å². The minimum Gasteiger partial charge on any atom is -0.477 e. The Morgan fingerprint density at radius 3 is 2.25 bits per heavy atom. The van der Waals surface area contributed by atoms with Gasteiger partial charge in [-0.15, -0.1) is 11.3 Å². The number of primary amides is 1. The maximum atomic E-state index is 11.7. The summed E-state index contributed by atoms with van der Waals surface area (Å²) in [5, 5.41) is 11.4. The molecule has 2 amide bonds. The Bertz CT molecular complexity index is 571. The number of carboxylic acid groups (broad SMARTS) is 1. The van der Waals surface area contributed by atoms with Crippen LogP contribution in [-0.4, -0.2) is 28.7 Å². The predicted octanol–water partition coefficient (Wildman–Crippen LogP) is 2.20. The van der Waals surface area contributed by atoms with E-state index in [4.69, 9.17) is 15.6 Å². The summed E-state index contributed by atoms with van der Waals surface area (Å²) in [7, 11) is 0. The first kappa shape index (κ1) is 16.0. The Morgan fingerprint density at radius 2 is 1.85 bits per heavy atom. The molecule has 7 nitrogen and oxygen atoms in total. The molecule has 1 aromatic heterocycles. The molecule has 1 rings (SSSR count). The molecule has 1 heterocycles. The Balaban J connectivity index is 3.12. The summed E-state index contributed by atoms with van der Waals surface area (Å²) < 4.78 is 5.04. The van der Waals surface area contributed by atoms with Gasteiger partial charge in [-0.3, -0.25) is 10.1 Å². The van der Waals surface area contributed by atoms with Gasteiger partial charge in [0.05, 0.1) is 5.56 Å². The topological polar surface area (TPSA) is 119 Å². The number of hydrogen-bond donors (Lipinski definition) is 3. The van der Waals surface area contributed by atoms with Crippen LogP contribution in [0.25, 0.3) is 0 Å². The highest BCUT2D eigenvalue weighted by Crippen LogP contribution is 2.33. The predicted molar refractivity (Wildman–Crippen MR) is 74.4 cm³/mol. The quantitative estimate of drug-likeness (QED) is 0.790. The van der Waals surface area contributed by atoms with Crippen molar-refractivity contribution in [3.05, 3.63) is 16.0 Å². The lowest BCUT2D eigenvalue weighted by Crippen LogP contribution is -2.27. The highest BCUT2D eigenvalue weighted by molar-refractivity contribution is 7.18. The van der Waals surface area contributed by atoms with Crippen LogP contribution in [-0.2, 0) is 4.74 Å². The Labute approximate surface area is 119 Å². The molecule has 0 saturated carbocycles. The second-order valence-corrected chi connectivity index (χ2v) is 6.08. The van der Waals surface area contributed by atoms with E-state index >= 15 is 0 Å². The van der Waals surface area contributed by atoms with Crippen molar-refractivity contribution in [2.45, 2.75) is 33.3 Å². The molecule has 8 heteroatoms. The second kappa shape index (κ2) is 5.49. The number of carboxylic acids is 1. The van der Waals surface area contributed by atoms with E-state index in [0.29, 0.717) is 0 Å². The van der Waals surface area contributed by atoms with E-state index in [1.165, 1.54) is 6.92 Å². The summed E-state index contributed by atoms with van der Waals surface area (Å²) in [6.45, 7) is 6.51. The summed E-state index contributed by atoms with van der Waals surface area (Å²) >= 11 is 0.765. The number of aromatic carboxylic acids is 1. The van der Waals surface area contributed by atoms with E-state index in [-0.39, 0.29) is 21.0 Å². The van der Waals surface area contributed by atoms with Gasteiger partial charge in [-0.2, -0.15) is 0 Å². The fourth-order valence-corrected chi connectivity index (χ4v) is 2.54. The zero-order chi connectivity index (χ0) is 15.7. The third-order valence-corrected chi connectivity index (χ3v) is 3.40. The van der Waals surface area contributed by atoms with Crippen LogP contribution in [0.5, 0.6) is 0 Å². The van der Waals surface area contributed by atoms with Gasteiger partial charge in [0.25, 0.3) is 5.91 Å². The molecule has 0 fully saturated rings. The average molecular weight is 300 g/mol. The van der Waals surface area contributed by atoms with Gasteiger partial charge in [-0.1, -0.05) is 0 Å². The molecule has 0 bridgehead atoms. The summed E-state index contributed by atoms with van der Waals surface area (Å²) in [6.07, 6.45) is -0.779. The number of carbonyl (C=O) groups is 3. The molecule has 0 aliphatic rings. The van der Waals surface area contributed by atoms with E-state index in [0.717, 1.165) is 11.3 Å². The molecule has 110 valence electrons. The van der Waals surface area contributed by atoms with Gasteiger partial charge in [0, 0.05) is 0 Å². The molecule has 1 aromatic rings. The first-order valence-electron chi connectivity index (χ1n) is 5.69. The number of thiophene rings is 1. The van der Waals surface area contributed by atoms with Crippen molar-refractivity contribution >= 4 is 34.3 Å². The number of anilines is 1. The Hall–Kier alpha value is -2.09. The van der Waals surface area contributed by atoms with Crippen molar-refractivity contribution in [1.82, 2.24) is 0 Å². The second-order valence-electron chi connectivity index (χ2n) is 5.06. The normalized spacial score (nSPS) is 11.0. The molecular weight excluding hydrogens is 284 g/mol. The van der Waals surface area contributed by atoms with Crippen molar-refractivity contribution in [3.8, 4) is 0 Å². The van der Waals surface area contributed by atoms with Crippen LogP contribution < -0.4 is 11.1 Å². The highest BCUT2D eigenvalue weighted by Gasteiger charge is 2.25. The van der Waals surface area contributed by atoms with Gasteiger partial charge >= 0.3 is 12.1 Å². The monoisotopic (exact) mass is 300 g/mol. The van der Waals surface area contributed by atoms with Crippen LogP contribution in [0.1, 0.15) is 46.4 Å². The molecular formula is C12H16N2O5S. The zero-order valence-electron chi connectivity index (χ0n) is 11.6. The maximum absolute atomic E-state index is 11.7. The lowest BCUT2D eigenvalue weighted by molar-refractivity contribution is 0.0634. The van der Waals surface area contributed by atoms with Crippen molar-refractivity contribution in [2.24, 2.45) is 5.73 Å². The van der Waals surface area contributed by atoms with Crippen LogP contribution in [0.2, 0.25) is 0 Å². The van der Waals surface area contributed by atoms with E-state index in [1.807, 2.05) is 0 Å². The standard InChI is InChI=1S/C12H16N2O5S/c1-5-6(8(13)15)9(20-7(5)10(16)17)14-11(18)19-12(2,3)4/h1-4H3,(H2,13,15)(H,14,18)(H,16,17). The first-order chi connectivity index (χ1) is 9.03. The van der Waals surface area contributed by atoms with E-state index in [1.54, 1.807) is 20.8 Å². The molecule has 0 aromatic carbocycles. The number of rotatable bonds is 3. The van der Waals surface area contributed by atoms with Crippen molar-refractivity contribution in [2.75, 3.05) is 5.32 Å². The summed E-state index contributed by atoms with van der Waals surface area (Å²) in [4.78, 5) is 34.0. The van der Waals surface area contributed by atoms with Crippen LogP contribution in [0.15, 0.2) is 0 Å². The fraction of sp³-hybridized carbons (Fsp3) is 0.417. The number of nitrogens with two attached hydrogens (primary N) is 1. The molecule has 20 heavy (non-hydrogen) atoms. The SMILES string of the molecule is Cc1c(C(=O)O)sc(NC(=O)OC(C)(C)C)c1C(N)=O. The third-order valence-electron chi connectivity index (χ3n) is 2.20. The Kier molecular flexibility index (Phi) is 4.39. The van der Waals surface area contributed by atoms with Crippen LogP contribution in [0.3, 0.4) is 0 Å². The third kappa shape index (κ3) is 3.70. The summed E-state index contributed by atoms with van der Waals surface area (Å²) in [5.74, 6) is -2.00. The average Bonchev–Trinajstić information content (AvgIpc) is 2.52. The minimum atomic E-state index is -1.19. The van der Waals surface area contributed by atoms with Crippen molar-refractivity contribution in [3.63, 3.8) is 0 Å². The van der Waals surface area contributed by atoms with E-state index < -0.39 is 23.6 Å². The molecule has 0 aliphatic heterocycles. The van der Waals surface area contributed by atoms with Crippen molar-refractivity contribution in [1.29, 1.82) is 0 Å². The van der Waals surface area contributed by atoms with Gasteiger partial charge in [-0.05, 0) is 33.3 Å².